The number of hydrogen-bond donors (Lipinski definition) is 5. The normalized spacial score (nSPS) is 13.3. The molecule has 0 radical (unpaired) electrons. The first-order chi connectivity index (χ1) is 24.9. The highest BCUT2D eigenvalue weighted by Crippen LogP contribution is 2.41. The standard InChI is InChI=1S/C41H39ClN6O3/c1-2-37(49)45-22-29-13-15-36(39(40(29)42)33-24-44-34-11-7-6-10-30(33)34)47-38(50)25-48-18-16-27(17-19-48)32-23-43-35-14-12-28(20-31(32)35)41(51)46-21-26-8-4-3-5-9-26/h3-16,20,23-24,43-44H,2,17-19,21-22,25H2,1H3,(H,45,49)(H,46,51)(H,47,50). The molecule has 5 N–H and O–H groups in total. The molecule has 1 aliphatic heterocycles. The van der Waals surface area contributed by atoms with E-state index < -0.39 is 0 Å². The number of nitrogens with one attached hydrogen (secondary N) is 5. The number of halogens is 1. The first-order valence-corrected chi connectivity index (χ1v) is 17.5. The van der Waals surface area contributed by atoms with E-state index in [-0.39, 0.29) is 30.8 Å². The van der Waals surface area contributed by atoms with Gasteiger partial charge in [0.25, 0.3) is 5.91 Å². The summed E-state index contributed by atoms with van der Waals surface area (Å²) >= 11 is 7.02. The van der Waals surface area contributed by atoms with Crippen LogP contribution in [-0.2, 0) is 22.7 Å². The number of aromatic nitrogens is 2. The highest BCUT2D eigenvalue weighted by Gasteiger charge is 2.22. The Hall–Kier alpha value is -5.64. The van der Waals surface area contributed by atoms with E-state index in [9.17, 15) is 14.4 Å². The molecule has 258 valence electrons. The van der Waals surface area contributed by atoms with Gasteiger partial charge in [0.15, 0.2) is 0 Å². The van der Waals surface area contributed by atoms with Gasteiger partial charge in [-0.15, -0.1) is 0 Å². The maximum absolute atomic E-state index is 13.5. The number of benzene rings is 4. The molecule has 4 aromatic carbocycles. The number of H-pyrrole nitrogens is 2. The Morgan fingerprint density at radius 2 is 1.57 bits per heavy atom. The number of nitrogens with zero attached hydrogens (tertiary/aromatic N) is 1. The fourth-order valence-corrected chi connectivity index (χ4v) is 6.95. The van der Waals surface area contributed by atoms with Gasteiger partial charge in [-0.2, -0.15) is 0 Å². The van der Waals surface area contributed by atoms with Gasteiger partial charge in [0.05, 0.1) is 17.3 Å². The third-order valence-electron chi connectivity index (χ3n) is 9.40. The van der Waals surface area contributed by atoms with Crippen molar-refractivity contribution in [3.8, 4) is 11.1 Å². The number of carbonyl (C=O) groups is 3. The zero-order valence-electron chi connectivity index (χ0n) is 28.3. The molecule has 6 aromatic rings. The summed E-state index contributed by atoms with van der Waals surface area (Å²) in [6.07, 6.45) is 7.20. The van der Waals surface area contributed by atoms with Crippen molar-refractivity contribution in [1.29, 1.82) is 0 Å². The lowest BCUT2D eigenvalue weighted by Crippen LogP contribution is -2.36. The van der Waals surface area contributed by atoms with Crippen molar-refractivity contribution in [3.05, 3.63) is 131 Å². The van der Waals surface area contributed by atoms with Crippen LogP contribution in [0.15, 0.2) is 103 Å². The summed E-state index contributed by atoms with van der Waals surface area (Å²) in [5, 5.41) is 11.5. The number of carbonyl (C=O) groups excluding carboxylic acids is 3. The van der Waals surface area contributed by atoms with Crippen molar-refractivity contribution in [1.82, 2.24) is 25.5 Å². The molecule has 0 aliphatic carbocycles. The molecular formula is C41H39ClN6O3. The fourth-order valence-electron chi connectivity index (χ4n) is 6.62. The fraction of sp³-hybridized carbons (Fsp3) is 0.195. The summed E-state index contributed by atoms with van der Waals surface area (Å²) in [4.78, 5) is 47.3. The smallest absolute Gasteiger partial charge is 0.251 e. The van der Waals surface area contributed by atoms with Crippen LogP contribution in [0.5, 0.6) is 0 Å². The second-order valence-electron chi connectivity index (χ2n) is 12.7. The van der Waals surface area contributed by atoms with E-state index in [1.54, 1.807) is 6.92 Å². The van der Waals surface area contributed by atoms with E-state index in [1.807, 2.05) is 97.3 Å². The Bertz CT molecular complexity index is 2270. The zero-order chi connectivity index (χ0) is 35.3. The second kappa shape index (κ2) is 15.1. The Labute approximate surface area is 301 Å². The molecule has 2 aromatic heterocycles. The molecule has 0 saturated heterocycles. The Morgan fingerprint density at radius 1 is 0.804 bits per heavy atom. The van der Waals surface area contributed by atoms with Gasteiger partial charge >= 0.3 is 0 Å². The van der Waals surface area contributed by atoms with Gasteiger partial charge in [-0.25, -0.2) is 0 Å². The molecule has 51 heavy (non-hydrogen) atoms. The number of hydrogen-bond acceptors (Lipinski definition) is 4. The van der Waals surface area contributed by atoms with Crippen LogP contribution in [0.4, 0.5) is 5.69 Å². The largest absolute Gasteiger partial charge is 0.361 e. The number of anilines is 1. The minimum atomic E-state index is -0.144. The molecule has 0 fully saturated rings. The monoisotopic (exact) mass is 698 g/mol. The van der Waals surface area contributed by atoms with Crippen LogP contribution in [0.1, 0.15) is 46.8 Å². The average Bonchev–Trinajstić information content (AvgIpc) is 3.78. The predicted molar refractivity (Wildman–Crippen MR) is 204 cm³/mol. The van der Waals surface area contributed by atoms with Crippen LogP contribution in [0, 0.1) is 0 Å². The van der Waals surface area contributed by atoms with E-state index in [4.69, 9.17) is 11.6 Å². The summed E-state index contributed by atoms with van der Waals surface area (Å²) in [5.41, 5.74) is 8.78. The predicted octanol–water partition coefficient (Wildman–Crippen LogP) is 7.65. The zero-order valence-corrected chi connectivity index (χ0v) is 29.1. The van der Waals surface area contributed by atoms with Crippen molar-refractivity contribution in [2.24, 2.45) is 0 Å². The van der Waals surface area contributed by atoms with Gasteiger partial charge in [-0.1, -0.05) is 79.2 Å². The lowest BCUT2D eigenvalue weighted by atomic mass is 9.97. The number of rotatable bonds is 11. The van der Waals surface area contributed by atoms with Gasteiger partial charge in [0, 0.05) is 89.1 Å². The molecule has 7 rings (SSSR count). The Kier molecular flexibility index (Phi) is 10.0. The van der Waals surface area contributed by atoms with Gasteiger partial charge in [0.1, 0.15) is 0 Å². The maximum atomic E-state index is 13.5. The van der Waals surface area contributed by atoms with Crippen LogP contribution < -0.4 is 16.0 Å². The molecule has 0 bridgehead atoms. The van der Waals surface area contributed by atoms with Gasteiger partial charge < -0.3 is 25.9 Å². The van der Waals surface area contributed by atoms with Gasteiger partial charge in [0.2, 0.25) is 11.8 Å². The Morgan fingerprint density at radius 3 is 2.35 bits per heavy atom. The van der Waals surface area contributed by atoms with Crippen molar-refractivity contribution in [2.45, 2.75) is 32.9 Å². The highest BCUT2D eigenvalue weighted by molar-refractivity contribution is 6.35. The minimum Gasteiger partial charge on any atom is -0.361 e. The molecule has 10 heteroatoms. The van der Waals surface area contributed by atoms with Crippen molar-refractivity contribution >= 4 is 62.4 Å². The van der Waals surface area contributed by atoms with E-state index >= 15 is 0 Å². The average molecular weight is 699 g/mol. The van der Waals surface area contributed by atoms with E-state index in [0.29, 0.717) is 47.9 Å². The van der Waals surface area contributed by atoms with Crippen molar-refractivity contribution < 1.29 is 14.4 Å². The third kappa shape index (κ3) is 7.45. The minimum absolute atomic E-state index is 0.0628. The second-order valence-corrected chi connectivity index (χ2v) is 13.1. The quantitative estimate of drug-likeness (QED) is 0.0954. The molecule has 0 saturated carbocycles. The number of amides is 3. The van der Waals surface area contributed by atoms with Crippen molar-refractivity contribution in [3.63, 3.8) is 0 Å². The van der Waals surface area contributed by atoms with Crippen LogP contribution in [-0.4, -0.2) is 52.2 Å². The first kappa shape index (κ1) is 33.8. The van der Waals surface area contributed by atoms with Crippen molar-refractivity contribution in [2.75, 3.05) is 25.0 Å². The molecule has 0 unspecified atom stereocenters. The molecule has 0 spiro atoms. The van der Waals surface area contributed by atoms with Crippen LogP contribution >= 0.6 is 11.6 Å². The third-order valence-corrected chi connectivity index (χ3v) is 9.83. The summed E-state index contributed by atoms with van der Waals surface area (Å²) in [5.74, 6) is -0.323. The van der Waals surface area contributed by atoms with Crippen LogP contribution in [0.2, 0.25) is 5.02 Å². The Balaban J connectivity index is 1.05. The SMILES string of the molecule is CCC(=O)NCc1ccc(NC(=O)CN2CC=C(c3c[nH]c4ccc(C(=O)NCc5ccccc5)cc34)CC2)c(-c2c[nH]c3ccccc23)c1Cl. The lowest BCUT2D eigenvalue weighted by molar-refractivity contribution is -0.121. The van der Waals surface area contributed by atoms with E-state index in [0.717, 1.165) is 50.5 Å². The molecule has 3 amide bonds. The lowest BCUT2D eigenvalue weighted by Gasteiger charge is -2.26. The van der Waals surface area contributed by atoms with E-state index in [2.05, 4.69) is 36.9 Å². The van der Waals surface area contributed by atoms with E-state index in [1.165, 1.54) is 5.57 Å². The van der Waals surface area contributed by atoms with Gasteiger partial charge in [-0.3, -0.25) is 19.3 Å². The summed E-state index contributed by atoms with van der Waals surface area (Å²) in [6.45, 7) is 4.08. The molecule has 3 heterocycles. The first-order valence-electron chi connectivity index (χ1n) is 17.2. The molecule has 9 nitrogen and oxygen atoms in total. The summed E-state index contributed by atoms with van der Waals surface area (Å²) in [7, 11) is 0. The van der Waals surface area contributed by atoms with Gasteiger partial charge in [-0.05, 0) is 53.5 Å². The number of aromatic amines is 2. The summed E-state index contributed by atoms with van der Waals surface area (Å²) in [6, 6.07) is 27.2. The summed E-state index contributed by atoms with van der Waals surface area (Å²) < 4.78 is 0. The van der Waals surface area contributed by atoms with Crippen LogP contribution in [0.25, 0.3) is 38.5 Å². The number of para-hydroxylation sites is 1. The number of fused-ring (bicyclic) bond motifs is 2. The topological polar surface area (TPSA) is 122 Å². The van der Waals surface area contributed by atoms with Crippen LogP contribution in [0.3, 0.4) is 0 Å². The molecule has 0 atom stereocenters. The highest BCUT2D eigenvalue weighted by atomic mass is 35.5. The molecule has 1 aliphatic rings. The maximum Gasteiger partial charge on any atom is 0.251 e. The molecular weight excluding hydrogens is 660 g/mol.